The molecule has 2 aliphatic heterocycles. The molecule has 18 heavy (non-hydrogen) atoms. The maximum absolute atomic E-state index is 4.94. The van der Waals surface area contributed by atoms with E-state index in [1.165, 1.54) is 62.7 Å². The Bertz CT molecular complexity index is 318. The van der Waals surface area contributed by atoms with Crippen molar-refractivity contribution in [2.45, 2.75) is 51.1 Å². The lowest BCUT2D eigenvalue weighted by atomic mass is 10.1. The minimum absolute atomic E-state index is 0.628. The lowest BCUT2D eigenvalue weighted by Gasteiger charge is -2.34. The van der Waals surface area contributed by atoms with Crippen molar-refractivity contribution in [3.8, 4) is 0 Å². The van der Waals surface area contributed by atoms with Crippen LogP contribution in [0.15, 0.2) is 4.99 Å². The van der Waals surface area contributed by atoms with Crippen LogP contribution in [-0.2, 0) is 0 Å². The Labute approximate surface area is 115 Å². The summed E-state index contributed by atoms with van der Waals surface area (Å²) in [6, 6.07) is 1.27. The first-order valence-electron chi connectivity index (χ1n) is 7.54. The molecular weight excluding hydrogens is 242 g/mol. The van der Waals surface area contributed by atoms with E-state index < -0.39 is 0 Å². The molecule has 4 heteroatoms. The van der Waals surface area contributed by atoms with Gasteiger partial charge in [-0.05, 0) is 44.7 Å². The topological polar surface area (TPSA) is 27.6 Å². The van der Waals surface area contributed by atoms with Crippen LogP contribution in [0, 0.1) is 5.92 Å². The Hall–Kier alpha value is -0.220. The van der Waals surface area contributed by atoms with Crippen molar-refractivity contribution in [3.63, 3.8) is 0 Å². The average molecular weight is 267 g/mol. The summed E-state index contributed by atoms with van der Waals surface area (Å²) < 4.78 is 0. The Morgan fingerprint density at radius 2 is 2.28 bits per heavy atom. The predicted molar refractivity (Wildman–Crippen MR) is 79.3 cm³/mol. The van der Waals surface area contributed by atoms with Crippen LogP contribution in [0.4, 0.5) is 0 Å². The van der Waals surface area contributed by atoms with Crippen LogP contribution in [-0.4, -0.2) is 47.5 Å². The standard InChI is InChI=1S/C14H25N3S/c1-2-17-8-4-6-12(9-17)15-14-16-13-7-3-5-11(13)10-18-14/h11-13H,2-10H2,1H3,(H,15,16). The molecule has 2 fully saturated rings. The molecule has 3 unspecified atom stereocenters. The quantitative estimate of drug-likeness (QED) is 0.832. The first-order chi connectivity index (χ1) is 8.85. The van der Waals surface area contributed by atoms with Gasteiger partial charge >= 0.3 is 0 Å². The van der Waals surface area contributed by atoms with E-state index in [-0.39, 0.29) is 0 Å². The Morgan fingerprint density at radius 1 is 1.33 bits per heavy atom. The molecule has 3 nitrogen and oxygen atoms in total. The number of aliphatic imine (C=N–C) groups is 1. The molecule has 3 atom stereocenters. The van der Waals surface area contributed by atoms with Crippen molar-refractivity contribution in [1.29, 1.82) is 0 Å². The van der Waals surface area contributed by atoms with Gasteiger partial charge in [0.2, 0.25) is 0 Å². The van der Waals surface area contributed by atoms with Crippen molar-refractivity contribution >= 4 is 16.9 Å². The molecule has 1 aliphatic carbocycles. The van der Waals surface area contributed by atoms with Crippen molar-refractivity contribution < 1.29 is 0 Å². The van der Waals surface area contributed by atoms with E-state index >= 15 is 0 Å². The zero-order valence-corrected chi connectivity index (χ0v) is 12.2. The van der Waals surface area contributed by atoms with E-state index in [1.54, 1.807) is 0 Å². The highest BCUT2D eigenvalue weighted by atomic mass is 32.2. The van der Waals surface area contributed by atoms with Crippen LogP contribution < -0.4 is 5.32 Å². The normalized spacial score (nSPS) is 37.2. The minimum Gasteiger partial charge on any atom is -0.361 e. The van der Waals surface area contributed by atoms with Crippen LogP contribution >= 0.6 is 11.8 Å². The van der Waals surface area contributed by atoms with Gasteiger partial charge in [0.05, 0.1) is 6.04 Å². The molecule has 0 aromatic carbocycles. The van der Waals surface area contributed by atoms with Crippen LogP contribution in [0.25, 0.3) is 0 Å². The maximum Gasteiger partial charge on any atom is 0.157 e. The predicted octanol–water partition coefficient (Wildman–Crippen LogP) is 2.33. The second-order valence-corrected chi connectivity index (χ2v) is 6.89. The van der Waals surface area contributed by atoms with Crippen LogP contribution in [0.1, 0.15) is 39.0 Å². The molecule has 0 aromatic rings. The third-order valence-corrected chi connectivity index (χ3v) is 5.71. The van der Waals surface area contributed by atoms with Gasteiger partial charge in [0.1, 0.15) is 0 Å². The number of amidine groups is 1. The summed E-state index contributed by atoms with van der Waals surface area (Å²) in [6.07, 6.45) is 6.75. The van der Waals surface area contributed by atoms with Crippen molar-refractivity contribution in [2.75, 3.05) is 25.4 Å². The number of rotatable bonds is 2. The Morgan fingerprint density at radius 3 is 3.17 bits per heavy atom. The molecule has 0 radical (unpaired) electrons. The van der Waals surface area contributed by atoms with E-state index in [1.807, 2.05) is 11.8 Å². The third-order valence-electron chi connectivity index (χ3n) is 4.62. The van der Waals surface area contributed by atoms with Crippen LogP contribution in [0.3, 0.4) is 0 Å². The van der Waals surface area contributed by atoms with Crippen LogP contribution in [0.5, 0.6) is 0 Å². The first kappa shape index (κ1) is 12.8. The highest BCUT2D eigenvalue weighted by molar-refractivity contribution is 8.13. The van der Waals surface area contributed by atoms with E-state index in [9.17, 15) is 0 Å². The van der Waals surface area contributed by atoms with Gasteiger partial charge in [-0.1, -0.05) is 25.1 Å². The maximum atomic E-state index is 4.94. The molecular formula is C14H25N3S. The summed E-state index contributed by atoms with van der Waals surface area (Å²) in [4.78, 5) is 7.49. The molecule has 2 heterocycles. The smallest absolute Gasteiger partial charge is 0.157 e. The number of thioether (sulfide) groups is 1. The summed E-state index contributed by atoms with van der Waals surface area (Å²) in [6.45, 7) is 5.92. The van der Waals surface area contributed by atoms with Gasteiger partial charge in [0.15, 0.2) is 5.17 Å². The minimum atomic E-state index is 0.628. The number of nitrogens with one attached hydrogen (secondary N) is 1. The second-order valence-electron chi connectivity index (χ2n) is 5.88. The molecule has 1 N–H and O–H groups in total. The monoisotopic (exact) mass is 267 g/mol. The summed E-state index contributed by atoms with van der Waals surface area (Å²) in [5.74, 6) is 2.17. The SMILES string of the molecule is CCN1CCCC(NC2=NC3CCCC3CS2)C1. The lowest BCUT2D eigenvalue weighted by molar-refractivity contribution is 0.210. The highest BCUT2D eigenvalue weighted by Crippen LogP contribution is 2.35. The van der Waals surface area contributed by atoms with Crippen molar-refractivity contribution in [2.24, 2.45) is 10.9 Å². The summed E-state index contributed by atoms with van der Waals surface area (Å²) in [5, 5.41) is 4.94. The molecule has 3 aliphatic rings. The number of hydrogen-bond acceptors (Lipinski definition) is 4. The second kappa shape index (κ2) is 5.83. The number of nitrogens with zero attached hydrogens (tertiary/aromatic N) is 2. The average Bonchev–Trinajstić information content (AvgIpc) is 2.86. The van der Waals surface area contributed by atoms with Crippen LogP contribution in [0.2, 0.25) is 0 Å². The van der Waals surface area contributed by atoms with Gasteiger partial charge in [-0.25, -0.2) is 0 Å². The number of likely N-dealkylation sites (N-methyl/N-ethyl adjacent to an activating group) is 1. The molecule has 0 amide bonds. The van der Waals surface area contributed by atoms with Crippen molar-refractivity contribution in [1.82, 2.24) is 10.2 Å². The van der Waals surface area contributed by atoms with E-state index in [2.05, 4.69) is 17.1 Å². The molecule has 1 saturated heterocycles. The zero-order chi connectivity index (χ0) is 12.4. The first-order valence-corrected chi connectivity index (χ1v) is 8.53. The van der Waals surface area contributed by atoms with Gasteiger partial charge in [-0.2, -0.15) is 0 Å². The molecule has 1 saturated carbocycles. The van der Waals surface area contributed by atoms with Gasteiger partial charge in [-0.3, -0.25) is 4.99 Å². The van der Waals surface area contributed by atoms with E-state index in [4.69, 9.17) is 4.99 Å². The third kappa shape index (κ3) is 2.85. The van der Waals surface area contributed by atoms with Gasteiger partial charge in [0.25, 0.3) is 0 Å². The molecule has 0 aromatic heterocycles. The number of likely N-dealkylation sites (tertiary alicyclic amines) is 1. The number of fused-ring (bicyclic) bond motifs is 1. The largest absolute Gasteiger partial charge is 0.361 e. The molecule has 102 valence electrons. The van der Waals surface area contributed by atoms with E-state index in [0.29, 0.717) is 12.1 Å². The van der Waals surface area contributed by atoms with Gasteiger partial charge in [0, 0.05) is 18.3 Å². The Kier molecular flexibility index (Phi) is 4.14. The van der Waals surface area contributed by atoms with Gasteiger partial charge < -0.3 is 10.2 Å². The fourth-order valence-corrected chi connectivity index (χ4v) is 4.69. The number of piperidine rings is 1. The fraction of sp³-hybridized carbons (Fsp3) is 0.929. The highest BCUT2D eigenvalue weighted by Gasteiger charge is 2.31. The zero-order valence-electron chi connectivity index (χ0n) is 11.4. The summed E-state index contributed by atoms with van der Waals surface area (Å²) >= 11 is 1.96. The number of hydrogen-bond donors (Lipinski definition) is 1. The van der Waals surface area contributed by atoms with Crippen molar-refractivity contribution in [3.05, 3.63) is 0 Å². The van der Waals surface area contributed by atoms with E-state index in [0.717, 1.165) is 5.92 Å². The summed E-state index contributed by atoms with van der Waals surface area (Å²) in [7, 11) is 0. The van der Waals surface area contributed by atoms with Gasteiger partial charge in [-0.15, -0.1) is 0 Å². The molecule has 3 rings (SSSR count). The molecule has 0 bridgehead atoms. The lowest BCUT2D eigenvalue weighted by Crippen LogP contribution is -2.47. The summed E-state index contributed by atoms with van der Waals surface area (Å²) in [5.41, 5.74) is 0. The fourth-order valence-electron chi connectivity index (χ4n) is 3.47. The Balaban J connectivity index is 1.56. The molecule has 0 spiro atoms.